The third kappa shape index (κ3) is 7.93. The lowest BCUT2D eigenvalue weighted by Crippen LogP contribution is -2.38. The molecule has 1 N–H and O–H groups in total. The maximum atomic E-state index is 12.2. The first-order valence-electron chi connectivity index (χ1n) is 7.14. The van der Waals surface area contributed by atoms with Gasteiger partial charge >= 0.3 is 0 Å². The van der Waals surface area contributed by atoms with E-state index in [4.69, 9.17) is 0 Å². The summed E-state index contributed by atoms with van der Waals surface area (Å²) in [7, 11) is -3.04. The van der Waals surface area contributed by atoms with Crippen molar-refractivity contribution in [2.45, 2.75) is 78.5 Å². The third-order valence-corrected chi connectivity index (χ3v) is 6.23. The highest BCUT2D eigenvalue weighted by Gasteiger charge is 2.34. The molecule has 0 heterocycles. The van der Waals surface area contributed by atoms with E-state index in [9.17, 15) is 8.42 Å². The molecule has 0 radical (unpaired) electrons. The highest BCUT2D eigenvalue weighted by atomic mass is 32.2. The van der Waals surface area contributed by atoms with Crippen molar-refractivity contribution in [1.29, 1.82) is 0 Å². The van der Waals surface area contributed by atoms with Gasteiger partial charge in [0.05, 0.1) is 10.5 Å². The van der Waals surface area contributed by atoms with Gasteiger partial charge < -0.3 is 5.32 Å². The second-order valence-electron chi connectivity index (χ2n) is 8.32. The molecule has 0 spiro atoms. The van der Waals surface area contributed by atoms with E-state index >= 15 is 0 Å². The van der Waals surface area contributed by atoms with Crippen molar-refractivity contribution < 1.29 is 8.42 Å². The molecule has 4 heteroatoms. The van der Waals surface area contributed by atoms with Crippen LogP contribution >= 0.6 is 0 Å². The van der Waals surface area contributed by atoms with Crippen molar-refractivity contribution in [3.8, 4) is 0 Å². The van der Waals surface area contributed by atoms with Gasteiger partial charge in [-0.15, -0.1) is 0 Å². The zero-order valence-corrected chi connectivity index (χ0v) is 14.9. The minimum Gasteiger partial charge on any atom is -0.312 e. The highest BCUT2D eigenvalue weighted by molar-refractivity contribution is 7.92. The van der Waals surface area contributed by atoms with E-state index in [2.05, 4.69) is 26.1 Å². The van der Waals surface area contributed by atoms with Crippen LogP contribution in [-0.2, 0) is 9.84 Å². The molecule has 0 aromatic heterocycles. The van der Waals surface area contributed by atoms with Crippen LogP contribution in [0.3, 0.4) is 0 Å². The summed E-state index contributed by atoms with van der Waals surface area (Å²) >= 11 is 0. The summed E-state index contributed by atoms with van der Waals surface area (Å²) in [6.07, 6.45) is 1.93. The maximum absolute atomic E-state index is 12.2. The Labute approximate surface area is 120 Å². The van der Waals surface area contributed by atoms with Crippen LogP contribution < -0.4 is 5.32 Å². The second-order valence-corrected chi connectivity index (χ2v) is 11.1. The zero-order chi connectivity index (χ0) is 15.5. The Morgan fingerprint density at radius 3 is 1.74 bits per heavy atom. The molecular weight excluding hydrogens is 258 g/mol. The van der Waals surface area contributed by atoms with Crippen LogP contribution in [-0.4, -0.2) is 31.0 Å². The normalized spacial score (nSPS) is 14.7. The van der Waals surface area contributed by atoms with Gasteiger partial charge in [-0.3, -0.25) is 0 Å². The SMILES string of the molecule is CC(C)(CCCNC(C)(C)C)CS(=O)(=O)C(C)(C)C. The van der Waals surface area contributed by atoms with Crippen LogP contribution in [0.4, 0.5) is 0 Å². The average Bonchev–Trinajstić information content (AvgIpc) is 2.07. The smallest absolute Gasteiger partial charge is 0.155 e. The number of hydrogen-bond acceptors (Lipinski definition) is 3. The van der Waals surface area contributed by atoms with Gasteiger partial charge in [-0.25, -0.2) is 8.42 Å². The molecule has 0 unspecified atom stereocenters. The lowest BCUT2D eigenvalue weighted by Gasteiger charge is -2.30. The van der Waals surface area contributed by atoms with Crippen LogP contribution in [0.2, 0.25) is 0 Å². The summed E-state index contributed by atoms with van der Waals surface area (Å²) in [6, 6.07) is 0. The molecule has 116 valence electrons. The van der Waals surface area contributed by atoms with Crippen LogP contribution in [0.5, 0.6) is 0 Å². The first-order valence-corrected chi connectivity index (χ1v) is 8.79. The molecule has 0 rings (SSSR count). The third-order valence-electron chi connectivity index (χ3n) is 3.20. The Morgan fingerprint density at radius 1 is 0.895 bits per heavy atom. The zero-order valence-electron chi connectivity index (χ0n) is 14.1. The van der Waals surface area contributed by atoms with Gasteiger partial charge in [0.2, 0.25) is 0 Å². The Balaban J connectivity index is 4.35. The Hall–Kier alpha value is -0.0900. The highest BCUT2D eigenvalue weighted by Crippen LogP contribution is 2.29. The van der Waals surface area contributed by atoms with Crippen LogP contribution in [0, 0.1) is 5.41 Å². The summed E-state index contributed by atoms with van der Waals surface area (Å²) in [5, 5.41) is 3.44. The lowest BCUT2D eigenvalue weighted by atomic mass is 9.90. The molecule has 0 aliphatic rings. The lowest BCUT2D eigenvalue weighted by molar-refractivity contribution is 0.340. The molecule has 0 atom stereocenters. The van der Waals surface area contributed by atoms with Gasteiger partial charge in [-0.2, -0.15) is 0 Å². The molecule has 0 aliphatic heterocycles. The molecule has 0 aromatic carbocycles. The minimum atomic E-state index is -3.04. The van der Waals surface area contributed by atoms with Gasteiger partial charge in [0.25, 0.3) is 0 Å². The van der Waals surface area contributed by atoms with Gasteiger partial charge in [0.15, 0.2) is 9.84 Å². The van der Waals surface area contributed by atoms with E-state index in [0.717, 1.165) is 19.4 Å². The number of rotatable bonds is 6. The van der Waals surface area contributed by atoms with E-state index in [1.54, 1.807) is 20.8 Å². The summed E-state index contributed by atoms with van der Waals surface area (Å²) in [5.74, 6) is 0.263. The summed E-state index contributed by atoms with van der Waals surface area (Å²) < 4.78 is 23.8. The molecule has 0 aromatic rings. The Bertz CT molecular complexity index is 370. The molecule has 19 heavy (non-hydrogen) atoms. The van der Waals surface area contributed by atoms with Crippen molar-refractivity contribution in [2.75, 3.05) is 12.3 Å². The van der Waals surface area contributed by atoms with Crippen LogP contribution in [0.1, 0.15) is 68.2 Å². The Morgan fingerprint density at radius 2 is 1.37 bits per heavy atom. The largest absolute Gasteiger partial charge is 0.312 e. The van der Waals surface area contributed by atoms with Gasteiger partial charge in [-0.05, 0) is 66.3 Å². The number of nitrogens with one attached hydrogen (secondary N) is 1. The summed E-state index contributed by atoms with van der Waals surface area (Å²) in [4.78, 5) is 0. The standard InChI is InChI=1S/C15H33NO2S/c1-13(2,3)16-11-9-10-15(7,8)12-19(17,18)14(4,5)6/h16H,9-12H2,1-8H3. The fourth-order valence-electron chi connectivity index (χ4n) is 1.83. The van der Waals surface area contributed by atoms with E-state index in [1.807, 2.05) is 13.8 Å². The Kier molecular flexibility index (Phi) is 6.10. The first kappa shape index (κ1) is 18.9. The monoisotopic (exact) mass is 291 g/mol. The van der Waals surface area contributed by atoms with E-state index in [1.165, 1.54) is 0 Å². The van der Waals surface area contributed by atoms with Crippen molar-refractivity contribution in [2.24, 2.45) is 5.41 Å². The minimum absolute atomic E-state index is 0.127. The quantitative estimate of drug-likeness (QED) is 0.763. The van der Waals surface area contributed by atoms with Crippen molar-refractivity contribution in [3.63, 3.8) is 0 Å². The summed E-state index contributed by atoms with van der Waals surface area (Å²) in [6.45, 7) is 16.8. The summed E-state index contributed by atoms with van der Waals surface area (Å²) in [5.41, 5.74) is -0.0344. The van der Waals surface area contributed by atoms with Gasteiger partial charge in [0.1, 0.15) is 0 Å². The first-order chi connectivity index (χ1) is 8.16. The molecule has 0 bridgehead atoms. The van der Waals surface area contributed by atoms with E-state index < -0.39 is 14.6 Å². The van der Waals surface area contributed by atoms with Crippen molar-refractivity contribution in [3.05, 3.63) is 0 Å². The maximum Gasteiger partial charge on any atom is 0.155 e. The molecule has 0 saturated carbocycles. The molecule has 0 fully saturated rings. The molecule has 0 aliphatic carbocycles. The molecule has 3 nitrogen and oxygen atoms in total. The molecular formula is C15H33NO2S. The molecule has 0 amide bonds. The van der Waals surface area contributed by atoms with E-state index in [-0.39, 0.29) is 16.7 Å². The van der Waals surface area contributed by atoms with Crippen LogP contribution in [0.25, 0.3) is 0 Å². The predicted molar refractivity (Wildman–Crippen MR) is 84.3 cm³/mol. The fourth-order valence-corrected chi connectivity index (χ4v) is 3.44. The predicted octanol–water partition coefficient (Wildman–Crippen LogP) is 3.39. The average molecular weight is 292 g/mol. The van der Waals surface area contributed by atoms with Crippen molar-refractivity contribution >= 4 is 9.84 Å². The second kappa shape index (κ2) is 6.13. The van der Waals surface area contributed by atoms with Gasteiger partial charge in [0, 0.05) is 5.54 Å². The van der Waals surface area contributed by atoms with Gasteiger partial charge in [-0.1, -0.05) is 13.8 Å². The molecule has 0 saturated heterocycles. The topological polar surface area (TPSA) is 46.2 Å². The van der Waals surface area contributed by atoms with Crippen molar-refractivity contribution in [1.82, 2.24) is 5.32 Å². The number of hydrogen-bond donors (Lipinski definition) is 1. The van der Waals surface area contributed by atoms with Crippen LogP contribution in [0.15, 0.2) is 0 Å². The number of sulfone groups is 1. The van der Waals surface area contributed by atoms with E-state index in [0.29, 0.717) is 0 Å². The fraction of sp³-hybridized carbons (Fsp3) is 1.00.